The summed E-state index contributed by atoms with van der Waals surface area (Å²) in [6, 6.07) is 12.0. The number of fused-ring (bicyclic) bond motifs is 3. The molecule has 0 amide bonds. The zero-order valence-electron chi connectivity index (χ0n) is 8.81. The van der Waals surface area contributed by atoms with Crippen molar-refractivity contribution in [1.82, 2.24) is 4.98 Å². The lowest BCUT2D eigenvalue weighted by Gasteiger charge is -2.06. The summed E-state index contributed by atoms with van der Waals surface area (Å²) in [4.78, 5) is 16.1. The topological polar surface area (TPSA) is 30.0 Å². The van der Waals surface area contributed by atoms with Crippen LogP contribution in [0.15, 0.2) is 42.6 Å². The first-order valence-corrected chi connectivity index (χ1v) is 5.38. The van der Waals surface area contributed by atoms with E-state index in [1.54, 1.807) is 6.20 Å². The van der Waals surface area contributed by atoms with Gasteiger partial charge in [0.15, 0.2) is 0 Å². The van der Waals surface area contributed by atoms with Gasteiger partial charge in [0.05, 0.1) is 5.69 Å². The smallest absolute Gasteiger partial charge is 0.143 e. The van der Waals surface area contributed by atoms with Gasteiger partial charge >= 0.3 is 0 Å². The van der Waals surface area contributed by atoms with Crippen LogP contribution in [0.25, 0.3) is 11.1 Å². The Kier molecular flexibility index (Phi) is 2.07. The second kappa shape index (κ2) is 3.56. The van der Waals surface area contributed by atoms with E-state index in [-0.39, 0.29) is 5.78 Å². The number of aromatic nitrogens is 1. The monoisotopic (exact) mass is 209 g/mol. The molecule has 0 spiro atoms. The van der Waals surface area contributed by atoms with E-state index in [4.69, 9.17) is 0 Å². The van der Waals surface area contributed by atoms with Crippen molar-refractivity contribution in [3.8, 4) is 11.1 Å². The Hall–Kier alpha value is -1.96. The van der Waals surface area contributed by atoms with Gasteiger partial charge < -0.3 is 0 Å². The second-order valence-electron chi connectivity index (χ2n) is 4.05. The molecule has 1 aliphatic rings. The molecule has 1 aliphatic carbocycles. The van der Waals surface area contributed by atoms with E-state index >= 15 is 0 Å². The third-order valence-electron chi connectivity index (χ3n) is 2.95. The fraction of sp³-hybridized carbons (Fsp3) is 0.143. The molecule has 3 rings (SSSR count). The van der Waals surface area contributed by atoms with Gasteiger partial charge in [0, 0.05) is 24.6 Å². The Labute approximate surface area is 94.0 Å². The molecule has 1 aromatic heterocycles. The summed E-state index contributed by atoms with van der Waals surface area (Å²) in [5.74, 6) is 0.241. The van der Waals surface area contributed by atoms with Crippen molar-refractivity contribution in [1.29, 1.82) is 0 Å². The molecule has 0 atom stereocenters. The maximum absolute atomic E-state index is 11.8. The largest absolute Gasteiger partial charge is 0.299 e. The van der Waals surface area contributed by atoms with Crippen molar-refractivity contribution in [3.63, 3.8) is 0 Å². The number of hydrogen-bond donors (Lipinski definition) is 0. The van der Waals surface area contributed by atoms with Gasteiger partial charge in [0.2, 0.25) is 0 Å². The lowest BCUT2D eigenvalue weighted by molar-refractivity contribution is -0.117. The molecule has 2 nitrogen and oxygen atoms in total. The van der Waals surface area contributed by atoms with Gasteiger partial charge in [-0.2, -0.15) is 0 Å². The van der Waals surface area contributed by atoms with Gasteiger partial charge in [0.1, 0.15) is 5.78 Å². The molecule has 0 saturated heterocycles. The summed E-state index contributed by atoms with van der Waals surface area (Å²) >= 11 is 0. The molecule has 0 radical (unpaired) electrons. The Morgan fingerprint density at radius 1 is 0.938 bits per heavy atom. The van der Waals surface area contributed by atoms with Crippen LogP contribution in [0.2, 0.25) is 0 Å². The van der Waals surface area contributed by atoms with Gasteiger partial charge in [-0.1, -0.05) is 30.3 Å². The number of rotatable bonds is 0. The Morgan fingerprint density at radius 2 is 1.75 bits per heavy atom. The number of hydrogen-bond acceptors (Lipinski definition) is 2. The van der Waals surface area contributed by atoms with E-state index in [0.717, 1.165) is 22.4 Å². The molecule has 0 aliphatic heterocycles. The molecule has 0 unspecified atom stereocenters. The van der Waals surface area contributed by atoms with E-state index in [1.807, 2.05) is 30.3 Å². The highest BCUT2D eigenvalue weighted by Crippen LogP contribution is 2.29. The standard InChI is InChI=1S/C14H11NO/c16-11-8-10-4-1-2-5-12(10)13-6-3-7-15-14(13)9-11/h1-7H,8-9H2. The Morgan fingerprint density at radius 3 is 2.69 bits per heavy atom. The fourth-order valence-electron chi connectivity index (χ4n) is 2.22. The van der Waals surface area contributed by atoms with E-state index in [1.165, 1.54) is 0 Å². The predicted molar refractivity (Wildman–Crippen MR) is 62.1 cm³/mol. The van der Waals surface area contributed by atoms with Crippen LogP contribution in [0.5, 0.6) is 0 Å². The molecule has 2 aromatic rings. The third-order valence-corrected chi connectivity index (χ3v) is 2.95. The Balaban J connectivity index is 2.30. The van der Waals surface area contributed by atoms with Gasteiger partial charge in [-0.15, -0.1) is 0 Å². The number of nitrogens with zero attached hydrogens (tertiary/aromatic N) is 1. The minimum absolute atomic E-state index is 0.241. The van der Waals surface area contributed by atoms with Crippen molar-refractivity contribution in [2.75, 3.05) is 0 Å². The lowest BCUT2D eigenvalue weighted by atomic mass is 9.99. The molecule has 78 valence electrons. The molecule has 1 aromatic carbocycles. The van der Waals surface area contributed by atoms with E-state index in [9.17, 15) is 4.79 Å². The van der Waals surface area contributed by atoms with Crippen LogP contribution in [0.1, 0.15) is 11.3 Å². The average molecular weight is 209 g/mol. The molecular weight excluding hydrogens is 198 g/mol. The highest BCUT2D eigenvalue weighted by Gasteiger charge is 2.18. The SMILES string of the molecule is O=C1Cc2ccccc2-c2cccnc2C1. The van der Waals surface area contributed by atoms with Crippen LogP contribution in [0.4, 0.5) is 0 Å². The number of ketones is 1. The normalized spacial score (nSPS) is 13.9. The van der Waals surface area contributed by atoms with Gasteiger partial charge in [-0.25, -0.2) is 0 Å². The molecule has 1 heterocycles. The molecule has 16 heavy (non-hydrogen) atoms. The second-order valence-corrected chi connectivity index (χ2v) is 4.05. The van der Waals surface area contributed by atoms with Crippen molar-refractivity contribution in [2.45, 2.75) is 12.8 Å². The Bertz CT molecular complexity index is 511. The molecular formula is C14H11NO. The van der Waals surface area contributed by atoms with Crippen molar-refractivity contribution < 1.29 is 4.79 Å². The first-order chi connectivity index (χ1) is 7.84. The summed E-state index contributed by atoms with van der Waals surface area (Å²) in [5.41, 5.74) is 4.26. The number of benzene rings is 1. The van der Waals surface area contributed by atoms with Crippen LogP contribution in [-0.2, 0) is 17.6 Å². The van der Waals surface area contributed by atoms with Gasteiger partial charge in [-0.05, 0) is 17.2 Å². The van der Waals surface area contributed by atoms with E-state index < -0.39 is 0 Å². The zero-order chi connectivity index (χ0) is 11.0. The summed E-state index contributed by atoms with van der Waals surface area (Å²) in [5, 5.41) is 0. The number of carbonyl (C=O) groups is 1. The molecule has 2 heteroatoms. The van der Waals surface area contributed by atoms with Crippen LogP contribution in [-0.4, -0.2) is 10.8 Å². The lowest BCUT2D eigenvalue weighted by Crippen LogP contribution is -2.04. The molecule has 0 N–H and O–H groups in total. The zero-order valence-corrected chi connectivity index (χ0v) is 8.81. The van der Waals surface area contributed by atoms with Crippen molar-refractivity contribution in [2.24, 2.45) is 0 Å². The summed E-state index contributed by atoms with van der Waals surface area (Å²) in [7, 11) is 0. The van der Waals surface area contributed by atoms with Crippen LogP contribution < -0.4 is 0 Å². The minimum atomic E-state index is 0.241. The maximum Gasteiger partial charge on any atom is 0.143 e. The average Bonchev–Trinajstić information content (AvgIpc) is 2.44. The molecule has 0 bridgehead atoms. The highest BCUT2D eigenvalue weighted by atomic mass is 16.1. The first-order valence-electron chi connectivity index (χ1n) is 5.38. The summed E-state index contributed by atoms with van der Waals surface area (Å²) in [6.45, 7) is 0. The fourth-order valence-corrected chi connectivity index (χ4v) is 2.22. The maximum atomic E-state index is 11.8. The molecule has 0 saturated carbocycles. The minimum Gasteiger partial charge on any atom is -0.299 e. The van der Waals surface area contributed by atoms with Crippen molar-refractivity contribution >= 4 is 5.78 Å². The van der Waals surface area contributed by atoms with E-state index in [0.29, 0.717) is 12.8 Å². The molecule has 0 fully saturated rings. The number of Topliss-reactive ketones (excluding diaryl/α,β-unsaturated/α-hetero) is 1. The number of pyridine rings is 1. The van der Waals surface area contributed by atoms with E-state index in [2.05, 4.69) is 11.1 Å². The third kappa shape index (κ3) is 1.43. The van der Waals surface area contributed by atoms with Gasteiger partial charge in [-0.3, -0.25) is 9.78 Å². The highest BCUT2D eigenvalue weighted by molar-refractivity contribution is 5.89. The van der Waals surface area contributed by atoms with Crippen LogP contribution >= 0.6 is 0 Å². The van der Waals surface area contributed by atoms with Crippen molar-refractivity contribution in [3.05, 3.63) is 53.9 Å². The van der Waals surface area contributed by atoms with Gasteiger partial charge in [0.25, 0.3) is 0 Å². The summed E-state index contributed by atoms with van der Waals surface area (Å²) < 4.78 is 0. The van der Waals surface area contributed by atoms with Crippen LogP contribution in [0, 0.1) is 0 Å². The number of carbonyl (C=O) groups excluding carboxylic acids is 1. The predicted octanol–water partition coefficient (Wildman–Crippen LogP) is 2.42. The summed E-state index contributed by atoms with van der Waals surface area (Å²) in [6.07, 6.45) is 2.72. The quantitative estimate of drug-likeness (QED) is 0.667. The first kappa shape index (κ1) is 9.28. The van der Waals surface area contributed by atoms with Crippen LogP contribution in [0.3, 0.4) is 0 Å².